The van der Waals surface area contributed by atoms with Gasteiger partial charge in [-0.15, -0.1) is 0 Å². The quantitative estimate of drug-likeness (QED) is 0.411. The third-order valence-corrected chi connectivity index (χ3v) is 5.03. The number of amides is 2. The summed E-state index contributed by atoms with van der Waals surface area (Å²) in [6, 6.07) is 19.7. The lowest BCUT2D eigenvalue weighted by Gasteiger charge is -2.12. The number of nitrogens with one attached hydrogen (secondary N) is 2. The summed E-state index contributed by atoms with van der Waals surface area (Å²) < 4.78 is 40.6. The second-order valence-electron chi connectivity index (χ2n) is 7.40. The Bertz CT molecular complexity index is 1250. The summed E-state index contributed by atoms with van der Waals surface area (Å²) in [5, 5.41) is 5.15. The average molecular weight is 438 g/mol. The summed E-state index contributed by atoms with van der Waals surface area (Å²) in [6.45, 7) is 2.73. The van der Waals surface area contributed by atoms with Gasteiger partial charge < -0.3 is 15.2 Å². The zero-order valence-corrected chi connectivity index (χ0v) is 17.3. The first kappa shape index (κ1) is 21.4. The molecule has 1 heterocycles. The van der Waals surface area contributed by atoms with Crippen molar-refractivity contribution < 1.29 is 18.0 Å². The molecule has 2 N–H and O–H groups in total. The van der Waals surface area contributed by atoms with Gasteiger partial charge in [-0.05, 0) is 37.3 Å². The van der Waals surface area contributed by atoms with Crippen LogP contribution in [0.2, 0.25) is 0 Å². The van der Waals surface area contributed by atoms with E-state index in [9.17, 15) is 18.0 Å². The second kappa shape index (κ2) is 8.74. The fraction of sp³-hybridized carbons (Fsp3) is 0.167. The summed E-state index contributed by atoms with van der Waals surface area (Å²) in [7, 11) is 0. The summed E-state index contributed by atoms with van der Waals surface area (Å²) in [6.07, 6.45) is -4.47. The number of aryl methyl sites for hydroxylation is 1. The normalized spacial score (nSPS) is 11.5. The zero-order chi connectivity index (χ0) is 22.7. The number of alkyl halides is 3. The van der Waals surface area contributed by atoms with Crippen LogP contribution in [-0.2, 0) is 12.7 Å². The minimum atomic E-state index is -4.47. The van der Waals surface area contributed by atoms with Gasteiger partial charge in [0.2, 0.25) is 0 Å². The molecule has 0 fully saturated rings. The lowest BCUT2D eigenvalue weighted by molar-refractivity contribution is -0.137. The predicted octanol–water partition coefficient (Wildman–Crippen LogP) is 5.85. The highest BCUT2D eigenvalue weighted by Crippen LogP contribution is 2.30. The summed E-state index contributed by atoms with van der Waals surface area (Å²) in [5.41, 5.74) is 3.14. The number of rotatable bonds is 5. The number of carbonyl (C=O) groups excluding carboxylic acids is 1. The molecule has 164 valence electrons. The molecule has 5 nitrogen and oxygen atoms in total. The molecule has 1 aromatic heterocycles. The largest absolute Gasteiger partial charge is 0.416 e. The van der Waals surface area contributed by atoms with E-state index in [1.54, 1.807) is 0 Å². The molecule has 0 saturated heterocycles. The Morgan fingerprint density at radius 1 is 1.00 bits per heavy atom. The number of benzene rings is 3. The summed E-state index contributed by atoms with van der Waals surface area (Å²) in [4.78, 5) is 17.0. The number of hydrogen-bond acceptors (Lipinski definition) is 2. The Morgan fingerprint density at radius 3 is 2.50 bits per heavy atom. The summed E-state index contributed by atoms with van der Waals surface area (Å²) >= 11 is 0. The van der Waals surface area contributed by atoms with E-state index < -0.39 is 17.8 Å². The number of imidazole rings is 1. The number of fused-ring (bicyclic) bond motifs is 1. The zero-order valence-electron chi connectivity index (χ0n) is 17.3. The minimum absolute atomic E-state index is 0.0748. The molecule has 0 bridgehead atoms. The molecule has 4 aromatic rings. The van der Waals surface area contributed by atoms with Crippen LogP contribution in [-0.4, -0.2) is 22.1 Å². The van der Waals surface area contributed by atoms with E-state index in [2.05, 4.69) is 10.6 Å². The lowest BCUT2D eigenvalue weighted by Crippen LogP contribution is -2.31. The monoisotopic (exact) mass is 438 g/mol. The van der Waals surface area contributed by atoms with Gasteiger partial charge in [0, 0.05) is 24.3 Å². The van der Waals surface area contributed by atoms with Gasteiger partial charge in [0.25, 0.3) is 0 Å². The van der Waals surface area contributed by atoms with Crippen molar-refractivity contribution in [2.24, 2.45) is 0 Å². The molecule has 8 heteroatoms. The van der Waals surface area contributed by atoms with E-state index in [1.807, 2.05) is 60.0 Å². The van der Waals surface area contributed by atoms with E-state index in [1.165, 1.54) is 12.1 Å². The number of anilines is 1. The maximum absolute atomic E-state index is 12.9. The van der Waals surface area contributed by atoms with Crippen molar-refractivity contribution in [1.29, 1.82) is 0 Å². The van der Waals surface area contributed by atoms with E-state index in [-0.39, 0.29) is 12.2 Å². The SMILES string of the molecule is Cc1ccc(-c2nc3ccccc3n2CCNC(=O)Nc2cccc(C(F)(F)F)c2)cc1. The van der Waals surface area contributed by atoms with Crippen LogP contribution in [0, 0.1) is 6.92 Å². The van der Waals surface area contributed by atoms with E-state index in [4.69, 9.17) is 4.98 Å². The maximum Gasteiger partial charge on any atom is 0.416 e. The Kier molecular flexibility index (Phi) is 5.85. The van der Waals surface area contributed by atoms with Gasteiger partial charge in [0.05, 0.1) is 16.6 Å². The molecule has 0 saturated carbocycles. The van der Waals surface area contributed by atoms with E-state index >= 15 is 0 Å². The van der Waals surface area contributed by atoms with Crippen molar-refractivity contribution in [1.82, 2.24) is 14.9 Å². The first-order chi connectivity index (χ1) is 15.3. The first-order valence-electron chi connectivity index (χ1n) is 10.1. The molecular formula is C24H21F3N4O. The van der Waals surface area contributed by atoms with Crippen LogP contribution in [0.15, 0.2) is 72.8 Å². The molecule has 32 heavy (non-hydrogen) atoms. The molecule has 2 amide bonds. The van der Waals surface area contributed by atoms with Crippen LogP contribution in [0.25, 0.3) is 22.4 Å². The standard InChI is InChI=1S/C24H21F3N4O/c1-16-9-11-17(12-10-16)22-30-20-7-2-3-8-21(20)31(22)14-13-28-23(32)29-19-6-4-5-18(15-19)24(25,26)27/h2-12,15H,13-14H2,1H3,(H2,28,29,32). The second-order valence-corrected chi connectivity index (χ2v) is 7.40. The molecule has 0 aliphatic heterocycles. The minimum Gasteiger partial charge on any atom is -0.336 e. The van der Waals surface area contributed by atoms with Crippen LogP contribution < -0.4 is 10.6 Å². The van der Waals surface area contributed by atoms with Gasteiger partial charge in [-0.2, -0.15) is 13.2 Å². The maximum atomic E-state index is 12.9. The molecule has 4 rings (SSSR count). The smallest absolute Gasteiger partial charge is 0.336 e. The molecular weight excluding hydrogens is 417 g/mol. The number of hydrogen-bond donors (Lipinski definition) is 2. The molecule has 0 unspecified atom stereocenters. The predicted molar refractivity (Wildman–Crippen MR) is 118 cm³/mol. The van der Waals surface area contributed by atoms with Crippen LogP contribution >= 0.6 is 0 Å². The molecule has 0 atom stereocenters. The number of nitrogens with zero attached hydrogens (tertiary/aromatic N) is 2. The molecule has 0 aliphatic rings. The highest BCUT2D eigenvalue weighted by atomic mass is 19.4. The van der Waals surface area contributed by atoms with Crippen molar-refractivity contribution in [3.63, 3.8) is 0 Å². The first-order valence-corrected chi connectivity index (χ1v) is 10.1. The number of urea groups is 1. The summed E-state index contributed by atoms with van der Waals surface area (Å²) in [5.74, 6) is 0.784. The number of carbonyl (C=O) groups is 1. The van der Waals surface area contributed by atoms with E-state index in [0.29, 0.717) is 6.54 Å². The van der Waals surface area contributed by atoms with Crippen molar-refractivity contribution in [3.8, 4) is 11.4 Å². The van der Waals surface area contributed by atoms with Gasteiger partial charge in [-0.1, -0.05) is 48.0 Å². The average Bonchev–Trinajstić information content (AvgIpc) is 3.12. The molecule has 3 aromatic carbocycles. The van der Waals surface area contributed by atoms with E-state index in [0.717, 1.165) is 40.1 Å². The van der Waals surface area contributed by atoms with Gasteiger partial charge in [0.1, 0.15) is 5.82 Å². The third-order valence-electron chi connectivity index (χ3n) is 5.03. The van der Waals surface area contributed by atoms with Gasteiger partial charge in [-0.3, -0.25) is 0 Å². The van der Waals surface area contributed by atoms with Crippen LogP contribution in [0.4, 0.5) is 23.7 Å². The number of para-hydroxylation sites is 2. The van der Waals surface area contributed by atoms with Crippen LogP contribution in [0.5, 0.6) is 0 Å². The van der Waals surface area contributed by atoms with Crippen molar-refractivity contribution in [2.45, 2.75) is 19.6 Å². The molecule has 0 radical (unpaired) electrons. The van der Waals surface area contributed by atoms with Gasteiger partial charge in [-0.25, -0.2) is 9.78 Å². The third kappa shape index (κ3) is 4.74. The molecule has 0 spiro atoms. The van der Waals surface area contributed by atoms with Crippen molar-refractivity contribution in [2.75, 3.05) is 11.9 Å². The molecule has 0 aliphatic carbocycles. The lowest BCUT2D eigenvalue weighted by atomic mass is 10.1. The fourth-order valence-corrected chi connectivity index (χ4v) is 3.45. The highest BCUT2D eigenvalue weighted by molar-refractivity contribution is 5.89. The Morgan fingerprint density at radius 2 is 1.75 bits per heavy atom. The van der Waals surface area contributed by atoms with Crippen LogP contribution in [0.1, 0.15) is 11.1 Å². The van der Waals surface area contributed by atoms with Crippen LogP contribution in [0.3, 0.4) is 0 Å². The number of halogens is 3. The Hall–Kier alpha value is -3.81. The van der Waals surface area contributed by atoms with Gasteiger partial charge >= 0.3 is 12.2 Å². The highest BCUT2D eigenvalue weighted by Gasteiger charge is 2.30. The van der Waals surface area contributed by atoms with Crippen molar-refractivity contribution >= 4 is 22.8 Å². The topological polar surface area (TPSA) is 59.0 Å². The fourth-order valence-electron chi connectivity index (χ4n) is 3.45. The Labute approximate surface area is 182 Å². The number of aromatic nitrogens is 2. The van der Waals surface area contributed by atoms with Crippen molar-refractivity contribution in [3.05, 3.63) is 83.9 Å². The van der Waals surface area contributed by atoms with Gasteiger partial charge in [0.15, 0.2) is 0 Å². The Balaban J connectivity index is 1.47.